The number of nitrogens with zero attached hydrogens (tertiary/aromatic N) is 2. The molecule has 0 radical (unpaired) electrons. The van der Waals surface area contributed by atoms with Crippen molar-refractivity contribution < 1.29 is 9.53 Å². The number of carbonyl (C=O) groups excluding carboxylic acids is 1. The van der Waals surface area contributed by atoms with Crippen molar-refractivity contribution in [2.45, 2.75) is 6.92 Å². The third kappa shape index (κ3) is 3.91. The number of amides is 1. The Balaban J connectivity index is 1.81. The minimum atomic E-state index is -0.263. The van der Waals surface area contributed by atoms with E-state index in [0.29, 0.717) is 10.7 Å². The molecule has 0 fully saturated rings. The third-order valence-electron chi connectivity index (χ3n) is 3.30. The molecule has 1 heterocycles. The summed E-state index contributed by atoms with van der Waals surface area (Å²) in [7, 11) is 0. The topological polar surface area (TPSA) is 64.1 Å². The summed E-state index contributed by atoms with van der Waals surface area (Å²) < 4.78 is 5.04. The number of rotatable bonds is 4. The highest BCUT2D eigenvalue weighted by atomic mass is 32.1. The van der Waals surface area contributed by atoms with E-state index in [2.05, 4.69) is 15.3 Å². The monoisotopic (exact) mass is 337 g/mol. The van der Waals surface area contributed by atoms with Gasteiger partial charge in [-0.15, -0.1) is 0 Å². The van der Waals surface area contributed by atoms with Gasteiger partial charge in [0.05, 0.1) is 22.9 Å². The van der Waals surface area contributed by atoms with Crippen LogP contribution in [0.3, 0.4) is 0 Å². The zero-order valence-corrected chi connectivity index (χ0v) is 13.8. The van der Waals surface area contributed by atoms with E-state index in [1.165, 1.54) is 0 Å². The van der Waals surface area contributed by atoms with Crippen molar-refractivity contribution in [3.8, 4) is 11.3 Å². The summed E-state index contributed by atoms with van der Waals surface area (Å²) in [6, 6.07) is 15.1. The summed E-state index contributed by atoms with van der Waals surface area (Å²) in [6.07, 6.45) is 1.72. The first kappa shape index (κ1) is 16.0. The molecule has 0 aliphatic carbocycles. The van der Waals surface area contributed by atoms with Gasteiger partial charge in [0, 0.05) is 18.2 Å². The van der Waals surface area contributed by atoms with Gasteiger partial charge in [0.2, 0.25) is 0 Å². The second kappa shape index (κ2) is 7.14. The zero-order valence-electron chi connectivity index (χ0n) is 13.0. The molecule has 0 aliphatic rings. The minimum Gasteiger partial charge on any atom is -0.478 e. The van der Waals surface area contributed by atoms with Gasteiger partial charge < -0.3 is 10.1 Å². The molecule has 120 valence electrons. The lowest BCUT2D eigenvalue weighted by Gasteiger charge is -2.08. The van der Waals surface area contributed by atoms with Crippen LogP contribution in [-0.4, -0.2) is 27.5 Å². The molecule has 1 N–H and O–H groups in total. The molecule has 6 heteroatoms. The van der Waals surface area contributed by atoms with E-state index in [-0.39, 0.29) is 12.5 Å². The molecule has 1 amide bonds. The molecule has 5 nitrogen and oxygen atoms in total. The van der Waals surface area contributed by atoms with Gasteiger partial charge in [-0.3, -0.25) is 9.78 Å². The molecule has 0 spiro atoms. The fourth-order valence-electron chi connectivity index (χ4n) is 2.22. The van der Waals surface area contributed by atoms with Crippen LogP contribution in [0.2, 0.25) is 0 Å². The van der Waals surface area contributed by atoms with Gasteiger partial charge in [-0.1, -0.05) is 24.3 Å². The fraction of sp³-hybridized carbons (Fsp3) is 0.111. The molecule has 0 saturated heterocycles. The number of benzene rings is 2. The Morgan fingerprint density at radius 2 is 1.96 bits per heavy atom. The average molecular weight is 337 g/mol. The molecule has 0 unspecified atom stereocenters. The highest BCUT2D eigenvalue weighted by molar-refractivity contribution is 7.80. The van der Waals surface area contributed by atoms with Gasteiger partial charge >= 0.3 is 0 Å². The summed E-state index contributed by atoms with van der Waals surface area (Å²) in [5, 5.41) is 3.11. The standard InChI is InChI=1S/C18H15N3O2S/c1-12(24)23-11-18(22)20-14-6-4-5-13(9-14)17-10-19-15-7-2-3-8-16(15)21-17/h2-10H,11H2,1H3,(H,20,22). The van der Waals surface area contributed by atoms with Crippen molar-refractivity contribution in [3.05, 3.63) is 54.7 Å². The van der Waals surface area contributed by atoms with Crippen LogP contribution in [-0.2, 0) is 9.53 Å². The molecule has 1 aromatic heterocycles. The Morgan fingerprint density at radius 1 is 1.17 bits per heavy atom. The summed E-state index contributed by atoms with van der Waals surface area (Å²) in [6.45, 7) is 1.52. The second-order valence-electron chi connectivity index (χ2n) is 5.15. The Kier molecular flexibility index (Phi) is 4.77. The molecule has 3 aromatic rings. The molecule has 0 atom stereocenters. The molecule has 0 saturated carbocycles. The SMILES string of the molecule is CC(=S)OCC(=O)Nc1cccc(-c2cnc3ccccc3n2)c1. The van der Waals surface area contributed by atoms with E-state index in [1.807, 2.05) is 42.5 Å². The fourth-order valence-corrected chi connectivity index (χ4v) is 2.28. The first-order valence-corrected chi connectivity index (χ1v) is 7.78. The molecular formula is C18H15N3O2S. The van der Waals surface area contributed by atoms with Gasteiger partial charge in [0.25, 0.3) is 5.91 Å². The number of hydrogen-bond acceptors (Lipinski definition) is 5. The number of anilines is 1. The Morgan fingerprint density at radius 3 is 2.75 bits per heavy atom. The maximum atomic E-state index is 11.8. The zero-order chi connectivity index (χ0) is 16.9. The van der Waals surface area contributed by atoms with E-state index >= 15 is 0 Å². The minimum absolute atomic E-state index is 0.102. The second-order valence-corrected chi connectivity index (χ2v) is 5.73. The lowest BCUT2D eigenvalue weighted by atomic mass is 10.1. The summed E-state index contributed by atoms with van der Waals surface area (Å²) in [5.74, 6) is -0.263. The van der Waals surface area contributed by atoms with Crippen LogP contribution in [0.4, 0.5) is 5.69 Å². The number of thiocarbonyl (C=S) groups is 1. The first-order valence-electron chi connectivity index (χ1n) is 7.37. The Labute approximate surface area is 144 Å². The van der Waals surface area contributed by atoms with Crippen LogP contribution < -0.4 is 5.32 Å². The quantitative estimate of drug-likeness (QED) is 0.737. The molecule has 24 heavy (non-hydrogen) atoms. The van der Waals surface area contributed by atoms with Gasteiger partial charge in [-0.2, -0.15) is 0 Å². The van der Waals surface area contributed by atoms with Crippen LogP contribution >= 0.6 is 12.2 Å². The van der Waals surface area contributed by atoms with Crippen LogP contribution in [0.25, 0.3) is 22.3 Å². The Hall–Kier alpha value is -2.86. The molecular weight excluding hydrogens is 322 g/mol. The molecule has 0 bridgehead atoms. The van der Waals surface area contributed by atoms with Gasteiger partial charge in [-0.25, -0.2) is 4.98 Å². The van der Waals surface area contributed by atoms with Gasteiger partial charge in [0.15, 0.2) is 11.7 Å². The van der Waals surface area contributed by atoms with Gasteiger partial charge in [0.1, 0.15) is 0 Å². The summed E-state index contributed by atoms with van der Waals surface area (Å²) in [5.41, 5.74) is 3.96. The van der Waals surface area contributed by atoms with Gasteiger partial charge in [-0.05, 0) is 36.5 Å². The highest BCUT2D eigenvalue weighted by Gasteiger charge is 2.06. The van der Waals surface area contributed by atoms with E-state index in [4.69, 9.17) is 17.0 Å². The number of fused-ring (bicyclic) bond motifs is 1. The summed E-state index contributed by atoms with van der Waals surface area (Å²) in [4.78, 5) is 20.8. The van der Waals surface area contributed by atoms with Crippen molar-refractivity contribution in [1.82, 2.24) is 9.97 Å². The molecule has 3 rings (SSSR count). The van der Waals surface area contributed by atoms with E-state index < -0.39 is 0 Å². The maximum absolute atomic E-state index is 11.8. The van der Waals surface area contributed by atoms with E-state index in [9.17, 15) is 4.79 Å². The maximum Gasteiger partial charge on any atom is 0.262 e. The van der Waals surface area contributed by atoms with Crippen molar-refractivity contribution in [1.29, 1.82) is 0 Å². The number of para-hydroxylation sites is 2. The van der Waals surface area contributed by atoms with Crippen molar-refractivity contribution >= 4 is 39.9 Å². The molecule has 2 aromatic carbocycles. The number of hydrogen-bond donors (Lipinski definition) is 1. The lowest BCUT2D eigenvalue weighted by molar-refractivity contribution is -0.118. The third-order valence-corrected chi connectivity index (χ3v) is 3.42. The largest absolute Gasteiger partial charge is 0.478 e. The lowest BCUT2D eigenvalue weighted by Crippen LogP contribution is -2.19. The normalized spacial score (nSPS) is 10.4. The van der Waals surface area contributed by atoms with E-state index in [1.54, 1.807) is 19.2 Å². The number of aromatic nitrogens is 2. The van der Waals surface area contributed by atoms with Crippen LogP contribution in [0.5, 0.6) is 0 Å². The predicted octanol–water partition coefficient (Wildman–Crippen LogP) is 3.60. The van der Waals surface area contributed by atoms with Crippen molar-refractivity contribution in [2.75, 3.05) is 11.9 Å². The number of ether oxygens (including phenoxy) is 1. The van der Waals surface area contributed by atoms with Crippen LogP contribution in [0, 0.1) is 0 Å². The molecule has 0 aliphatic heterocycles. The predicted molar refractivity (Wildman–Crippen MR) is 97.8 cm³/mol. The average Bonchev–Trinajstić information content (AvgIpc) is 2.60. The smallest absolute Gasteiger partial charge is 0.262 e. The number of carbonyl (C=O) groups is 1. The Bertz CT molecular complexity index is 911. The van der Waals surface area contributed by atoms with E-state index in [0.717, 1.165) is 22.3 Å². The highest BCUT2D eigenvalue weighted by Crippen LogP contribution is 2.22. The number of nitrogens with one attached hydrogen (secondary N) is 1. The van der Waals surface area contributed by atoms with Crippen molar-refractivity contribution in [2.24, 2.45) is 0 Å². The van der Waals surface area contributed by atoms with Crippen molar-refractivity contribution in [3.63, 3.8) is 0 Å². The van der Waals surface area contributed by atoms with Crippen LogP contribution in [0.1, 0.15) is 6.92 Å². The first-order chi connectivity index (χ1) is 11.6. The summed E-state index contributed by atoms with van der Waals surface area (Å²) >= 11 is 4.78. The van der Waals surface area contributed by atoms with Crippen LogP contribution in [0.15, 0.2) is 54.7 Å².